The van der Waals surface area contributed by atoms with Crippen molar-refractivity contribution < 1.29 is 14.4 Å². The summed E-state index contributed by atoms with van der Waals surface area (Å²) in [5, 5.41) is 4.80. The SMILES string of the molecule is CN1C(=O)CCC(NCc2cc(C(N)=O)cs2)C1=O. The molecule has 0 aliphatic carbocycles. The summed E-state index contributed by atoms with van der Waals surface area (Å²) in [4.78, 5) is 36.2. The average Bonchev–Trinajstić information content (AvgIpc) is 2.84. The lowest BCUT2D eigenvalue weighted by Crippen LogP contribution is -2.51. The Kier molecular flexibility index (Phi) is 3.96. The number of carbonyl (C=O) groups excluding carboxylic acids is 3. The predicted octanol–water partition coefficient (Wildman–Crippen LogP) is 0.0840. The molecule has 1 saturated heterocycles. The standard InChI is InChI=1S/C12H15N3O3S/c1-15-10(16)3-2-9(12(15)18)14-5-8-4-7(6-19-8)11(13)17/h4,6,9,14H,2-3,5H2,1H3,(H2,13,17). The molecule has 102 valence electrons. The highest BCUT2D eigenvalue weighted by Crippen LogP contribution is 2.16. The van der Waals surface area contributed by atoms with E-state index in [4.69, 9.17) is 5.73 Å². The van der Waals surface area contributed by atoms with Crippen molar-refractivity contribution in [3.63, 3.8) is 0 Å². The molecule has 2 rings (SSSR count). The van der Waals surface area contributed by atoms with Crippen molar-refractivity contribution in [2.75, 3.05) is 7.05 Å². The third-order valence-electron chi connectivity index (χ3n) is 3.11. The molecular formula is C12H15N3O3S. The van der Waals surface area contributed by atoms with Gasteiger partial charge in [-0.15, -0.1) is 11.3 Å². The molecule has 0 spiro atoms. The van der Waals surface area contributed by atoms with E-state index in [9.17, 15) is 14.4 Å². The lowest BCUT2D eigenvalue weighted by Gasteiger charge is -2.28. The summed E-state index contributed by atoms with van der Waals surface area (Å²) < 4.78 is 0. The molecule has 1 aromatic rings. The van der Waals surface area contributed by atoms with Gasteiger partial charge in [-0.2, -0.15) is 0 Å². The third-order valence-corrected chi connectivity index (χ3v) is 4.05. The molecule has 1 aliphatic rings. The Labute approximate surface area is 114 Å². The van der Waals surface area contributed by atoms with E-state index in [1.54, 1.807) is 11.4 Å². The van der Waals surface area contributed by atoms with Crippen LogP contribution in [-0.4, -0.2) is 35.7 Å². The van der Waals surface area contributed by atoms with E-state index in [1.807, 2.05) is 0 Å². The van der Waals surface area contributed by atoms with Crippen molar-refractivity contribution in [3.05, 3.63) is 21.9 Å². The number of amides is 3. The van der Waals surface area contributed by atoms with Crippen LogP contribution in [0.1, 0.15) is 28.1 Å². The summed E-state index contributed by atoms with van der Waals surface area (Å²) in [5.74, 6) is -0.806. The van der Waals surface area contributed by atoms with E-state index in [2.05, 4.69) is 5.32 Å². The van der Waals surface area contributed by atoms with Crippen molar-refractivity contribution in [1.29, 1.82) is 0 Å². The first kappa shape index (κ1) is 13.7. The topological polar surface area (TPSA) is 92.5 Å². The zero-order valence-corrected chi connectivity index (χ0v) is 11.3. The fourth-order valence-electron chi connectivity index (χ4n) is 1.93. The molecule has 1 unspecified atom stereocenters. The Morgan fingerprint density at radius 3 is 2.95 bits per heavy atom. The first-order valence-corrected chi connectivity index (χ1v) is 6.78. The van der Waals surface area contributed by atoms with Crippen LogP contribution in [0.4, 0.5) is 0 Å². The van der Waals surface area contributed by atoms with E-state index in [1.165, 1.54) is 18.4 Å². The van der Waals surface area contributed by atoms with Crippen molar-refractivity contribution in [2.45, 2.75) is 25.4 Å². The van der Waals surface area contributed by atoms with Crippen molar-refractivity contribution in [3.8, 4) is 0 Å². The third kappa shape index (κ3) is 2.99. The Morgan fingerprint density at radius 1 is 1.58 bits per heavy atom. The Balaban J connectivity index is 1.93. The number of imide groups is 1. The average molecular weight is 281 g/mol. The summed E-state index contributed by atoms with van der Waals surface area (Å²) in [5.41, 5.74) is 5.65. The molecule has 0 saturated carbocycles. The second kappa shape index (κ2) is 5.50. The van der Waals surface area contributed by atoms with Crippen LogP contribution in [0.3, 0.4) is 0 Å². The molecule has 1 aliphatic heterocycles. The molecule has 2 heterocycles. The molecule has 1 fully saturated rings. The van der Waals surface area contributed by atoms with Gasteiger partial charge < -0.3 is 11.1 Å². The Morgan fingerprint density at radius 2 is 2.32 bits per heavy atom. The maximum absolute atomic E-state index is 11.8. The summed E-state index contributed by atoms with van der Waals surface area (Å²) in [7, 11) is 1.49. The van der Waals surface area contributed by atoms with Gasteiger partial charge >= 0.3 is 0 Å². The number of nitrogens with zero attached hydrogens (tertiary/aromatic N) is 1. The molecule has 0 radical (unpaired) electrons. The lowest BCUT2D eigenvalue weighted by atomic mass is 10.0. The van der Waals surface area contributed by atoms with Crippen LogP contribution in [-0.2, 0) is 16.1 Å². The van der Waals surface area contributed by atoms with Crippen LogP contribution >= 0.6 is 11.3 Å². The van der Waals surface area contributed by atoms with Crippen LogP contribution in [0.25, 0.3) is 0 Å². The number of hydrogen-bond donors (Lipinski definition) is 2. The molecular weight excluding hydrogens is 266 g/mol. The number of likely N-dealkylation sites (N-methyl/N-ethyl adjacent to an activating group) is 1. The minimum Gasteiger partial charge on any atom is -0.366 e. The zero-order chi connectivity index (χ0) is 14.0. The number of nitrogens with two attached hydrogens (primary N) is 1. The fourth-order valence-corrected chi connectivity index (χ4v) is 2.76. The number of rotatable bonds is 4. The lowest BCUT2D eigenvalue weighted by molar-refractivity contribution is -0.148. The van der Waals surface area contributed by atoms with E-state index in [0.29, 0.717) is 24.9 Å². The van der Waals surface area contributed by atoms with Crippen LogP contribution in [0, 0.1) is 0 Å². The number of piperidine rings is 1. The molecule has 0 aromatic carbocycles. The van der Waals surface area contributed by atoms with Gasteiger partial charge in [-0.05, 0) is 12.5 Å². The van der Waals surface area contributed by atoms with Gasteiger partial charge in [0.2, 0.25) is 17.7 Å². The molecule has 0 bridgehead atoms. The Bertz CT molecular complexity index is 526. The first-order valence-electron chi connectivity index (χ1n) is 5.90. The first-order chi connectivity index (χ1) is 8.99. The summed E-state index contributed by atoms with van der Waals surface area (Å²) in [6, 6.07) is 1.36. The fraction of sp³-hybridized carbons (Fsp3) is 0.417. The van der Waals surface area contributed by atoms with Crippen molar-refractivity contribution >= 4 is 29.1 Å². The molecule has 3 amide bonds. The molecule has 7 heteroatoms. The summed E-state index contributed by atoms with van der Waals surface area (Å²) in [6.45, 7) is 0.483. The smallest absolute Gasteiger partial charge is 0.249 e. The zero-order valence-electron chi connectivity index (χ0n) is 10.5. The molecule has 6 nitrogen and oxygen atoms in total. The van der Waals surface area contributed by atoms with Crippen LogP contribution in [0.5, 0.6) is 0 Å². The van der Waals surface area contributed by atoms with Crippen LogP contribution < -0.4 is 11.1 Å². The van der Waals surface area contributed by atoms with E-state index in [-0.39, 0.29) is 17.9 Å². The number of thiophene rings is 1. The Hall–Kier alpha value is -1.73. The monoisotopic (exact) mass is 281 g/mol. The minimum absolute atomic E-state index is 0.143. The highest BCUT2D eigenvalue weighted by Gasteiger charge is 2.31. The summed E-state index contributed by atoms with van der Waals surface area (Å²) in [6.07, 6.45) is 0.882. The van der Waals surface area contributed by atoms with Gasteiger partial charge in [0.15, 0.2) is 0 Å². The number of nitrogens with one attached hydrogen (secondary N) is 1. The van der Waals surface area contributed by atoms with Gasteiger partial charge in [0, 0.05) is 30.3 Å². The molecule has 3 N–H and O–H groups in total. The van der Waals surface area contributed by atoms with Crippen LogP contribution in [0.2, 0.25) is 0 Å². The number of hydrogen-bond acceptors (Lipinski definition) is 5. The second-order valence-corrected chi connectivity index (χ2v) is 5.42. The maximum atomic E-state index is 11.8. The van der Waals surface area contributed by atoms with E-state index >= 15 is 0 Å². The number of carbonyl (C=O) groups is 3. The van der Waals surface area contributed by atoms with Gasteiger partial charge in [-0.25, -0.2) is 0 Å². The normalized spacial score (nSPS) is 19.8. The van der Waals surface area contributed by atoms with Crippen LogP contribution in [0.15, 0.2) is 11.4 Å². The number of likely N-dealkylation sites (tertiary alicyclic amines) is 1. The molecule has 1 aromatic heterocycles. The number of primary amides is 1. The van der Waals surface area contributed by atoms with Crippen molar-refractivity contribution in [2.24, 2.45) is 5.73 Å². The predicted molar refractivity (Wildman–Crippen MR) is 70.5 cm³/mol. The van der Waals surface area contributed by atoms with E-state index in [0.717, 1.165) is 9.78 Å². The largest absolute Gasteiger partial charge is 0.366 e. The quantitative estimate of drug-likeness (QED) is 0.765. The highest BCUT2D eigenvalue weighted by atomic mass is 32.1. The molecule has 19 heavy (non-hydrogen) atoms. The van der Waals surface area contributed by atoms with E-state index < -0.39 is 5.91 Å². The van der Waals surface area contributed by atoms with Gasteiger partial charge in [0.05, 0.1) is 11.6 Å². The van der Waals surface area contributed by atoms with Gasteiger partial charge in [0.1, 0.15) is 0 Å². The van der Waals surface area contributed by atoms with Gasteiger partial charge in [-0.1, -0.05) is 0 Å². The van der Waals surface area contributed by atoms with Gasteiger partial charge in [0.25, 0.3) is 0 Å². The second-order valence-electron chi connectivity index (χ2n) is 4.43. The molecule has 1 atom stereocenters. The summed E-state index contributed by atoms with van der Waals surface area (Å²) >= 11 is 1.41. The van der Waals surface area contributed by atoms with Gasteiger partial charge in [-0.3, -0.25) is 19.3 Å². The van der Waals surface area contributed by atoms with Crippen molar-refractivity contribution in [1.82, 2.24) is 10.2 Å². The highest BCUT2D eigenvalue weighted by molar-refractivity contribution is 7.10. The maximum Gasteiger partial charge on any atom is 0.249 e. The minimum atomic E-state index is -0.457.